The minimum Gasteiger partial charge on any atom is -0.378 e. The summed E-state index contributed by atoms with van der Waals surface area (Å²) in [6.07, 6.45) is 1.95. The van der Waals surface area contributed by atoms with Gasteiger partial charge in [0.1, 0.15) is 10.9 Å². The minimum atomic E-state index is -0.0886. The van der Waals surface area contributed by atoms with Gasteiger partial charge in [0.05, 0.1) is 18.9 Å². The average molecular weight is 380 g/mol. The van der Waals surface area contributed by atoms with Gasteiger partial charge in [-0.15, -0.1) is 0 Å². The quantitative estimate of drug-likeness (QED) is 0.412. The van der Waals surface area contributed by atoms with Crippen LogP contribution in [0.3, 0.4) is 0 Å². The molecule has 0 bridgehead atoms. The van der Waals surface area contributed by atoms with E-state index in [0.29, 0.717) is 0 Å². The molecule has 7 nitrogen and oxygen atoms in total. The van der Waals surface area contributed by atoms with Gasteiger partial charge in [-0.05, 0) is 36.0 Å². The van der Waals surface area contributed by atoms with E-state index < -0.39 is 0 Å². The SMILES string of the molecule is N=C(N)SC(=N)c1ccc2[nH]cc(-c3cccc(N4CCOCC4)n3)c2c1. The van der Waals surface area contributed by atoms with Gasteiger partial charge in [-0.2, -0.15) is 0 Å². The summed E-state index contributed by atoms with van der Waals surface area (Å²) in [5, 5.41) is 16.7. The number of amidine groups is 1. The Morgan fingerprint density at radius 2 is 2.00 bits per heavy atom. The molecule has 4 rings (SSSR count). The van der Waals surface area contributed by atoms with Crippen LogP contribution in [0.5, 0.6) is 0 Å². The molecule has 1 aliphatic heterocycles. The molecule has 3 heterocycles. The molecule has 8 heteroatoms. The second-order valence-corrected chi connectivity index (χ2v) is 7.29. The molecule has 0 saturated carbocycles. The molecule has 3 aromatic rings. The van der Waals surface area contributed by atoms with Crippen molar-refractivity contribution < 1.29 is 4.74 Å². The van der Waals surface area contributed by atoms with E-state index in [9.17, 15) is 0 Å². The van der Waals surface area contributed by atoms with Crippen molar-refractivity contribution in [3.63, 3.8) is 0 Å². The van der Waals surface area contributed by atoms with Gasteiger partial charge in [0, 0.05) is 41.3 Å². The number of aromatic amines is 1. The topological polar surface area (TPSA) is 115 Å². The number of ether oxygens (including phenoxy) is 1. The van der Waals surface area contributed by atoms with E-state index in [4.69, 9.17) is 26.3 Å². The maximum atomic E-state index is 8.13. The van der Waals surface area contributed by atoms with Crippen molar-refractivity contribution in [1.82, 2.24) is 9.97 Å². The standard InChI is InChI=1S/C19H20N6OS/c20-18(27-19(21)22)12-4-5-15-13(10-12)14(11-23-15)16-2-1-3-17(24-16)25-6-8-26-9-7-25/h1-5,10-11,20,23H,6-9H2,(H3,21,22). The fraction of sp³-hybridized carbons (Fsp3) is 0.211. The van der Waals surface area contributed by atoms with Gasteiger partial charge in [0.25, 0.3) is 0 Å². The molecule has 1 saturated heterocycles. The predicted molar refractivity (Wildman–Crippen MR) is 111 cm³/mol. The summed E-state index contributed by atoms with van der Waals surface area (Å²) in [6.45, 7) is 3.12. The van der Waals surface area contributed by atoms with Crippen LogP contribution in [0.2, 0.25) is 0 Å². The summed E-state index contributed by atoms with van der Waals surface area (Å²) >= 11 is 0.942. The summed E-state index contributed by atoms with van der Waals surface area (Å²) in [7, 11) is 0. The first-order valence-corrected chi connectivity index (χ1v) is 9.45. The Morgan fingerprint density at radius 1 is 1.19 bits per heavy atom. The first-order chi connectivity index (χ1) is 13.1. The number of nitrogens with one attached hydrogen (secondary N) is 3. The number of fused-ring (bicyclic) bond motifs is 1. The number of rotatable bonds is 3. The largest absolute Gasteiger partial charge is 0.378 e. The van der Waals surface area contributed by atoms with Crippen LogP contribution in [-0.4, -0.2) is 46.5 Å². The molecule has 0 spiro atoms. The maximum Gasteiger partial charge on any atom is 0.157 e. The van der Waals surface area contributed by atoms with Gasteiger partial charge in [-0.1, -0.05) is 12.1 Å². The molecule has 1 aromatic carbocycles. The van der Waals surface area contributed by atoms with Crippen LogP contribution >= 0.6 is 11.8 Å². The summed E-state index contributed by atoms with van der Waals surface area (Å²) in [5.41, 5.74) is 8.99. The van der Waals surface area contributed by atoms with Crippen LogP contribution in [0.4, 0.5) is 5.82 Å². The fourth-order valence-corrected chi connectivity index (χ4v) is 3.65. The van der Waals surface area contributed by atoms with Crippen LogP contribution in [0.25, 0.3) is 22.2 Å². The Morgan fingerprint density at radius 3 is 2.78 bits per heavy atom. The Hall–Kier alpha value is -2.84. The summed E-state index contributed by atoms with van der Waals surface area (Å²) < 4.78 is 5.42. The van der Waals surface area contributed by atoms with E-state index in [2.05, 4.69) is 9.88 Å². The zero-order valence-electron chi connectivity index (χ0n) is 14.7. The van der Waals surface area contributed by atoms with Gasteiger partial charge in [-0.3, -0.25) is 10.8 Å². The third kappa shape index (κ3) is 3.67. The third-order valence-corrected chi connectivity index (χ3v) is 5.16. The zero-order valence-corrected chi connectivity index (χ0v) is 15.5. The second-order valence-electron chi connectivity index (χ2n) is 6.24. The highest BCUT2D eigenvalue weighted by atomic mass is 32.2. The first-order valence-electron chi connectivity index (χ1n) is 8.64. The highest BCUT2D eigenvalue weighted by Gasteiger charge is 2.15. The van der Waals surface area contributed by atoms with Crippen LogP contribution in [0, 0.1) is 10.8 Å². The molecule has 0 atom stereocenters. The van der Waals surface area contributed by atoms with Crippen LogP contribution in [0.15, 0.2) is 42.6 Å². The van der Waals surface area contributed by atoms with E-state index in [-0.39, 0.29) is 10.2 Å². The Labute approximate surface area is 160 Å². The van der Waals surface area contributed by atoms with Crippen molar-refractivity contribution in [2.45, 2.75) is 0 Å². The van der Waals surface area contributed by atoms with Gasteiger partial charge < -0.3 is 20.4 Å². The Bertz CT molecular complexity index is 1010. The zero-order chi connectivity index (χ0) is 18.8. The van der Waals surface area contributed by atoms with E-state index in [1.165, 1.54) is 0 Å². The number of benzene rings is 1. The average Bonchev–Trinajstić information content (AvgIpc) is 3.11. The smallest absolute Gasteiger partial charge is 0.157 e. The summed E-state index contributed by atoms with van der Waals surface area (Å²) in [5.74, 6) is 0.946. The number of morpholine rings is 1. The minimum absolute atomic E-state index is 0.0886. The lowest BCUT2D eigenvalue weighted by Crippen LogP contribution is -2.36. The molecule has 2 aromatic heterocycles. The van der Waals surface area contributed by atoms with Crippen LogP contribution < -0.4 is 10.6 Å². The predicted octanol–water partition coefficient (Wildman–Crippen LogP) is 3.02. The van der Waals surface area contributed by atoms with Crippen molar-refractivity contribution in [2.75, 3.05) is 31.2 Å². The molecule has 0 unspecified atom stereocenters. The number of hydrogen-bond acceptors (Lipinski definition) is 6. The first kappa shape index (κ1) is 17.6. The Balaban J connectivity index is 1.71. The molecule has 0 aliphatic carbocycles. The van der Waals surface area contributed by atoms with Gasteiger partial charge in [0.15, 0.2) is 5.17 Å². The number of nitrogens with two attached hydrogens (primary N) is 1. The second kappa shape index (κ2) is 7.42. The van der Waals surface area contributed by atoms with Crippen molar-refractivity contribution >= 4 is 38.7 Å². The molecule has 0 amide bonds. The van der Waals surface area contributed by atoms with Crippen molar-refractivity contribution in [3.8, 4) is 11.3 Å². The van der Waals surface area contributed by atoms with Crippen molar-refractivity contribution in [2.24, 2.45) is 5.73 Å². The monoisotopic (exact) mass is 380 g/mol. The number of thioether (sulfide) groups is 1. The lowest BCUT2D eigenvalue weighted by atomic mass is 10.1. The van der Waals surface area contributed by atoms with Gasteiger partial charge in [0.2, 0.25) is 0 Å². The van der Waals surface area contributed by atoms with Gasteiger partial charge in [-0.25, -0.2) is 4.98 Å². The van der Waals surface area contributed by atoms with Crippen LogP contribution in [-0.2, 0) is 4.74 Å². The summed E-state index contributed by atoms with van der Waals surface area (Å²) in [4.78, 5) is 10.4. The fourth-order valence-electron chi connectivity index (χ4n) is 3.18. The van der Waals surface area contributed by atoms with E-state index >= 15 is 0 Å². The number of H-pyrrole nitrogens is 1. The highest BCUT2D eigenvalue weighted by Crippen LogP contribution is 2.30. The molecule has 27 heavy (non-hydrogen) atoms. The number of pyridine rings is 1. The molecule has 0 radical (unpaired) electrons. The molecule has 1 aliphatic rings. The normalized spacial score (nSPS) is 14.4. The van der Waals surface area contributed by atoms with Gasteiger partial charge >= 0.3 is 0 Å². The van der Waals surface area contributed by atoms with E-state index in [0.717, 1.165) is 71.6 Å². The molecular weight excluding hydrogens is 360 g/mol. The van der Waals surface area contributed by atoms with E-state index in [1.807, 2.05) is 42.6 Å². The lowest BCUT2D eigenvalue weighted by molar-refractivity contribution is 0.122. The lowest BCUT2D eigenvalue weighted by Gasteiger charge is -2.28. The highest BCUT2D eigenvalue weighted by molar-refractivity contribution is 8.26. The molecule has 1 fully saturated rings. The van der Waals surface area contributed by atoms with E-state index in [1.54, 1.807) is 0 Å². The Kier molecular flexibility index (Phi) is 4.83. The number of hydrogen-bond donors (Lipinski definition) is 4. The third-order valence-electron chi connectivity index (χ3n) is 4.50. The van der Waals surface area contributed by atoms with Crippen molar-refractivity contribution in [1.29, 1.82) is 10.8 Å². The summed E-state index contributed by atoms with van der Waals surface area (Å²) in [6, 6.07) is 11.8. The maximum absolute atomic E-state index is 8.13. The molecule has 138 valence electrons. The molecule has 5 N–H and O–H groups in total. The number of nitrogens with zero attached hydrogens (tertiary/aromatic N) is 2. The van der Waals surface area contributed by atoms with Crippen LogP contribution in [0.1, 0.15) is 5.56 Å². The number of aromatic nitrogens is 2. The molecular formula is C19H20N6OS. The number of anilines is 1. The van der Waals surface area contributed by atoms with Crippen molar-refractivity contribution in [3.05, 3.63) is 48.2 Å².